The molecule has 98 valence electrons. The molecule has 0 bridgehead atoms. The van der Waals surface area contributed by atoms with Crippen molar-refractivity contribution in [2.24, 2.45) is 5.73 Å². The Kier molecular flexibility index (Phi) is 2.94. The van der Waals surface area contributed by atoms with Crippen LogP contribution in [0.3, 0.4) is 0 Å². The third kappa shape index (κ3) is 1.77. The van der Waals surface area contributed by atoms with Gasteiger partial charge >= 0.3 is 0 Å². The van der Waals surface area contributed by atoms with Crippen molar-refractivity contribution in [2.45, 2.75) is 45.6 Å². The van der Waals surface area contributed by atoms with Gasteiger partial charge in [-0.25, -0.2) is 0 Å². The van der Waals surface area contributed by atoms with E-state index in [4.69, 9.17) is 15.2 Å². The molecule has 1 aromatic carbocycles. The van der Waals surface area contributed by atoms with Crippen LogP contribution in [-0.2, 0) is 19.3 Å². The van der Waals surface area contributed by atoms with E-state index in [0.717, 1.165) is 50.4 Å². The molecule has 3 heteroatoms. The quantitative estimate of drug-likeness (QED) is 0.890. The number of rotatable bonds is 3. The van der Waals surface area contributed by atoms with Crippen LogP contribution in [0, 0.1) is 6.92 Å². The van der Waals surface area contributed by atoms with E-state index in [1.54, 1.807) is 0 Å². The molecule has 18 heavy (non-hydrogen) atoms. The van der Waals surface area contributed by atoms with Crippen molar-refractivity contribution in [1.29, 1.82) is 0 Å². The Morgan fingerprint density at radius 3 is 2.50 bits per heavy atom. The summed E-state index contributed by atoms with van der Waals surface area (Å²) >= 11 is 0. The molecule has 0 saturated carbocycles. The van der Waals surface area contributed by atoms with Gasteiger partial charge in [0, 0.05) is 35.6 Å². The summed E-state index contributed by atoms with van der Waals surface area (Å²) in [4.78, 5) is 0. The van der Waals surface area contributed by atoms with Crippen LogP contribution in [0.1, 0.15) is 35.6 Å². The molecule has 1 atom stereocenters. The summed E-state index contributed by atoms with van der Waals surface area (Å²) in [5.74, 6) is 2.26. The van der Waals surface area contributed by atoms with Crippen molar-refractivity contribution < 1.29 is 9.47 Å². The maximum absolute atomic E-state index is 5.89. The molecular weight excluding hydrogens is 226 g/mol. The number of benzene rings is 1. The minimum atomic E-state index is 0.237. The number of hydrogen-bond acceptors (Lipinski definition) is 3. The van der Waals surface area contributed by atoms with Crippen LogP contribution < -0.4 is 15.2 Å². The maximum Gasteiger partial charge on any atom is 0.126 e. The molecule has 3 rings (SSSR count). The minimum Gasteiger partial charge on any atom is -0.493 e. The second-order valence-electron chi connectivity index (χ2n) is 5.43. The summed E-state index contributed by atoms with van der Waals surface area (Å²) in [6.07, 6.45) is 4.04. The first-order chi connectivity index (χ1) is 8.68. The Balaban J connectivity index is 2.06. The number of ether oxygens (including phenoxy) is 2. The van der Waals surface area contributed by atoms with Gasteiger partial charge in [-0.15, -0.1) is 0 Å². The van der Waals surface area contributed by atoms with Gasteiger partial charge < -0.3 is 15.2 Å². The van der Waals surface area contributed by atoms with E-state index in [-0.39, 0.29) is 6.04 Å². The predicted molar refractivity (Wildman–Crippen MR) is 71.5 cm³/mol. The van der Waals surface area contributed by atoms with Crippen LogP contribution in [0.25, 0.3) is 0 Å². The van der Waals surface area contributed by atoms with Crippen molar-refractivity contribution in [1.82, 2.24) is 0 Å². The average molecular weight is 247 g/mol. The molecule has 2 aliphatic rings. The Morgan fingerprint density at radius 1 is 1.11 bits per heavy atom. The molecule has 0 fully saturated rings. The molecule has 2 heterocycles. The highest BCUT2D eigenvalue weighted by atomic mass is 16.5. The molecule has 0 saturated heterocycles. The average Bonchev–Trinajstić information content (AvgIpc) is 2.95. The first kappa shape index (κ1) is 11.8. The van der Waals surface area contributed by atoms with E-state index >= 15 is 0 Å². The summed E-state index contributed by atoms with van der Waals surface area (Å²) < 4.78 is 11.7. The molecule has 0 spiro atoms. The molecule has 3 nitrogen and oxygen atoms in total. The summed E-state index contributed by atoms with van der Waals surface area (Å²) in [5, 5.41) is 0. The van der Waals surface area contributed by atoms with Gasteiger partial charge in [0.2, 0.25) is 0 Å². The van der Waals surface area contributed by atoms with Gasteiger partial charge in [0.05, 0.1) is 13.2 Å². The molecule has 0 aliphatic carbocycles. The largest absolute Gasteiger partial charge is 0.493 e. The number of nitrogens with two attached hydrogens (primary N) is 1. The lowest BCUT2D eigenvalue weighted by Crippen LogP contribution is -2.16. The van der Waals surface area contributed by atoms with Gasteiger partial charge in [0.15, 0.2) is 0 Å². The van der Waals surface area contributed by atoms with E-state index in [9.17, 15) is 0 Å². The zero-order valence-electron chi connectivity index (χ0n) is 11.2. The Morgan fingerprint density at radius 2 is 1.78 bits per heavy atom. The summed E-state index contributed by atoms with van der Waals surface area (Å²) in [7, 11) is 0. The van der Waals surface area contributed by atoms with E-state index in [0.29, 0.717) is 0 Å². The topological polar surface area (TPSA) is 44.5 Å². The van der Waals surface area contributed by atoms with Gasteiger partial charge in [-0.3, -0.25) is 0 Å². The van der Waals surface area contributed by atoms with Crippen molar-refractivity contribution >= 4 is 0 Å². The lowest BCUT2D eigenvalue weighted by molar-refractivity contribution is 0.352. The number of fused-ring (bicyclic) bond motifs is 2. The van der Waals surface area contributed by atoms with Crippen molar-refractivity contribution in [3.8, 4) is 11.5 Å². The maximum atomic E-state index is 5.89. The smallest absolute Gasteiger partial charge is 0.126 e. The molecule has 0 amide bonds. The lowest BCUT2D eigenvalue weighted by Gasteiger charge is -2.16. The molecule has 0 aromatic heterocycles. The van der Waals surface area contributed by atoms with Gasteiger partial charge in [-0.1, -0.05) is 0 Å². The first-order valence-corrected chi connectivity index (χ1v) is 6.87. The zero-order chi connectivity index (χ0) is 12.7. The van der Waals surface area contributed by atoms with Crippen molar-refractivity contribution in [2.75, 3.05) is 13.2 Å². The van der Waals surface area contributed by atoms with Crippen molar-refractivity contribution in [3.63, 3.8) is 0 Å². The lowest BCUT2D eigenvalue weighted by atomic mass is 9.92. The Bertz CT molecular complexity index is 445. The van der Waals surface area contributed by atoms with Crippen LogP contribution in [0.2, 0.25) is 0 Å². The fourth-order valence-corrected chi connectivity index (χ4v) is 3.07. The summed E-state index contributed by atoms with van der Waals surface area (Å²) in [6.45, 7) is 5.84. The second-order valence-corrected chi connectivity index (χ2v) is 5.43. The molecule has 0 radical (unpaired) electrons. The highest BCUT2D eigenvalue weighted by Gasteiger charge is 2.29. The predicted octanol–water partition coefficient (Wildman–Crippen LogP) is 2.14. The van der Waals surface area contributed by atoms with E-state index in [1.807, 2.05) is 0 Å². The molecule has 2 aliphatic heterocycles. The molecule has 2 N–H and O–H groups in total. The third-order valence-electron chi connectivity index (χ3n) is 4.03. The van der Waals surface area contributed by atoms with Gasteiger partial charge in [-0.05, 0) is 32.3 Å². The van der Waals surface area contributed by atoms with Crippen LogP contribution >= 0.6 is 0 Å². The molecule has 1 aromatic rings. The standard InChI is InChI=1S/C15H21NO2/c1-9(16)3-4-12-13-6-8-17-14(13)10(2)11-5-7-18-15(11)12/h9H,3-8,16H2,1-2H3. The van der Waals surface area contributed by atoms with E-state index < -0.39 is 0 Å². The van der Waals surface area contributed by atoms with Crippen LogP contribution in [0.5, 0.6) is 11.5 Å². The summed E-state index contributed by atoms with van der Waals surface area (Å²) in [6, 6.07) is 0.237. The van der Waals surface area contributed by atoms with Gasteiger partial charge in [0.1, 0.15) is 11.5 Å². The normalized spacial score (nSPS) is 17.9. The zero-order valence-corrected chi connectivity index (χ0v) is 11.2. The number of hydrogen-bond donors (Lipinski definition) is 1. The third-order valence-corrected chi connectivity index (χ3v) is 4.03. The van der Waals surface area contributed by atoms with Crippen LogP contribution in [0.4, 0.5) is 0 Å². The molecular formula is C15H21NO2. The second kappa shape index (κ2) is 4.47. The first-order valence-electron chi connectivity index (χ1n) is 6.87. The van der Waals surface area contributed by atoms with E-state index in [1.165, 1.54) is 22.3 Å². The van der Waals surface area contributed by atoms with Gasteiger partial charge in [-0.2, -0.15) is 0 Å². The molecule has 1 unspecified atom stereocenters. The minimum absolute atomic E-state index is 0.237. The summed E-state index contributed by atoms with van der Waals surface area (Å²) in [5.41, 5.74) is 11.3. The fraction of sp³-hybridized carbons (Fsp3) is 0.600. The highest BCUT2D eigenvalue weighted by Crippen LogP contribution is 2.44. The van der Waals surface area contributed by atoms with Crippen LogP contribution in [-0.4, -0.2) is 19.3 Å². The van der Waals surface area contributed by atoms with Crippen molar-refractivity contribution in [3.05, 3.63) is 22.3 Å². The van der Waals surface area contributed by atoms with Gasteiger partial charge in [0.25, 0.3) is 0 Å². The van der Waals surface area contributed by atoms with E-state index in [2.05, 4.69) is 13.8 Å². The fourth-order valence-electron chi connectivity index (χ4n) is 3.07. The Hall–Kier alpha value is -1.22. The SMILES string of the molecule is Cc1c2c(c(CCC(C)N)c3c1OCC3)OCC2. The Labute approximate surface area is 108 Å². The van der Waals surface area contributed by atoms with Crippen LogP contribution in [0.15, 0.2) is 0 Å². The monoisotopic (exact) mass is 247 g/mol. The highest BCUT2D eigenvalue weighted by molar-refractivity contribution is 5.61.